The number of ether oxygens (including phenoxy) is 2. The lowest BCUT2D eigenvalue weighted by Crippen LogP contribution is -2.51. The fraction of sp³-hybridized carbons (Fsp3) is 0.933. The summed E-state index contributed by atoms with van der Waals surface area (Å²) in [7, 11) is 1.42. The summed E-state index contributed by atoms with van der Waals surface area (Å²) in [6.45, 7) is 1.57. The third kappa shape index (κ3) is 3.48. The highest BCUT2D eigenvalue weighted by molar-refractivity contribution is 5.81. The Balaban J connectivity index is 1.65. The van der Waals surface area contributed by atoms with Crippen LogP contribution in [-0.4, -0.2) is 31.8 Å². The van der Waals surface area contributed by atoms with Crippen LogP contribution in [0.4, 0.5) is 0 Å². The molecule has 0 amide bonds. The molecule has 2 N–H and O–H groups in total. The van der Waals surface area contributed by atoms with Crippen LogP contribution in [0.1, 0.15) is 51.4 Å². The molecule has 19 heavy (non-hydrogen) atoms. The zero-order chi connectivity index (χ0) is 13.7. The van der Waals surface area contributed by atoms with E-state index < -0.39 is 5.54 Å². The van der Waals surface area contributed by atoms with Crippen molar-refractivity contribution in [1.82, 2.24) is 0 Å². The van der Waals surface area contributed by atoms with Crippen molar-refractivity contribution in [2.75, 3.05) is 20.3 Å². The summed E-state index contributed by atoms with van der Waals surface area (Å²) < 4.78 is 10.5. The molecule has 4 nitrogen and oxygen atoms in total. The first-order valence-corrected chi connectivity index (χ1v) is 7.62. The molecule has 0 aromatic rings. The van der Waals surface area contributed by atoms with Crippen molar-refractivity contribution in [2.24, 2.45) is 17.6 Å². The Morgan fingerprint density at radius 2 is 1.95 bits per heavy atom. The van der Waals surface area contributed by atoms with E-state index in [1.165, 1.54) is 32.8 Å². The molecule has 0 spiro atoms. The molecule has 0 aromatic carbocycles. The fourth-order valence-electron chi connectivity index (χ4n) is 3.32. The molecular weight excluding hydrogens is 242 g/mol. The Morgan fingerprint density at radius 1 is 1.21 bits per heavy atom. The topological polar surface area (TPSA) is 61.5 Å². The van der Waals surface area contributed by atoms with Gasteiger partial charge in [-0.2, -0.15) is 0 Å². The lowest BCUT2D eigenvalue weighted by atomic mass is 9.83. The number of rotatable bonds is 7. The molecule has 0 bridgehead atoms. The Bertz CT molecular complexity index is 304. The van der Waals surface area contributed by atoms with Gasteiger partial charge in [-0.25, -0.2) is 0 Å². The van der Waals surface area contributed by atoms with E-state index in [0.717, 1.165) is 38.2 Å². The molecule has 2 atom stereocenters. The summed E-state index contributed by atoms with van der Waals surface area (Å²) in [5.74, 6) is 0.850. The van der Waals surface area contributed by atoms with Gasteiger partial charge in [-0.3, -0.25) is 4.79 Å². The molecule has 4 heteroatoms. The van der Waals surface area contributed by atoms with E-state index in [2.05, 4.69) is 0 Å². The monoisotopic (exact) mass is 269 g/mol. The van der Waals surface area contributed by atoms with Crippen LogP contribution in [-0.2, 0) is 14.3 Å². The van der Waals surface area contributed by atoms with Crippen molar-refractivity contribution in [2.45, 2.75) is 56.9 Å². The molecule has 2 aliphatic carbocycles. The van der Waals surface area contributed by atoms with E-state index in [1.54, 1.807) is 0 Å². The van der Waals surface area contributed by atoms with Gasteiger partial charge in [0.2, 0.25) is 0 Å². The highest BCUT2D eigenvalue weighted by Crippen LogP contribution is 2.37. The van der Waals surface area contributed by atoms with Gasteiger partial charge >= 0.3 is 5.97 Å². The highest BCUT2D eigenvalue weighted by Gasteiger charge is 2.46. The van der Waals surface area contributed by atoms with Crippen molar-refractivity contribution in [1.29, 1.82) is 0 Å². The van der Waals surface area contributed by atoms with E-state index in [-0.39, 0.29) is 11.9 Å². The van der Waals surface area contributed by atoms with Crippen LogP contribution in [0, 0.1) is 11.8 Å². The molecule has 0 saturated heterocycles. The summed E-state index contributed by atoms with van der Waals surface area (Å²) >= 11 is 0. The van der Waals surface area contributed by atoms with Gasteiger partial charge in [0.05, 0.1) is 7.11 Å². The quantitative estimate of drug-likeness (QED) is 0.569. The molecule has 2 saturated carbocycles. The van der Waals surface area contributed by atoms with Crippen molar-refractivity contribution in [3.63, 3.8) is 0 Å². The van der Waals surface area contributed by atoms with E-state index in [1.807, 2.05) is 0 Å². The third-order valence-electron chi connectivity index (χ3n) is 4.94. The van der Waals surface area contributed by atoms with Crippen molar-refractivity contribution in [3.05, 3.63) is 0 Å². The largest absolute Gasteiger partial charge is 0.468 e. The third-order valence-corrected chi connectivity index (χ3v) is 4.94. The molecule has 2 rings (SSSR count). The number of esters is 1. The second-order valence-electron chi connectivity index (χ2n) is 6.11. The average molecular weight is 269 g/mol. The Labute approximate surface area is 116 Å². The molecule has 0 radical (unpaired) electrons. The van der Waals surface area contributed by atoms with Crippen molar-refractivity contribution >= 4 is 5.97 Å². The van der Waals surface area contributed by atoms with Crippen LogP contribution < -0.4 is 5.73 Å². The molecule has 2 aliphatic rings. The Hall–Kier alpha value is -0.610. The number of carbonyl (C=O) groups is 1. The Morgan fingerprint density at radius 3 is 2.58 bits per heavy atom. The zero-order valence-electron chi connectivity index (χ0n) is 12.0. The summed E-state index contributed by atoms with van der Waals surface area (Å²) in [5, 5.41) is 0. The second kappa shape index (κ2) is 6.71. The van der Waals surface area contributed by atoms with Gasteiger partial charge in [-0.15, -0.1) is 0 Å². The minimum Gasteiger partial charge on any atom is -0.468 e. The first-order valence-electron chi connectivity index (χ1n) is 7.62. The normalized spacial score (nSPS) is 31.2. The zero-order valence-corrected chi connectivity index (χ0v) is 12.0. The van der Waals surface area contributed by atoms with Crippen LogP contribution >= 0.6 is 0 Å². The maximum atomic E-state index is 11.8. The predicted octanol–water partition coefficient (Wildman–Crippen LogP) is 2.25. The van der Waals surface area contributed by atoms with Gasteiger partial charge in [-0.05, 0) is 37.5 Å². The van der Waals surface area contributed by atoms with Crippen LogP contribution in [0.5, 0.6) is 0 Å². The SMILES string of the molecule is COC(=O)C1(N)CCCC1CCOCCC1CCC1. The van der Waals surface area contributed by atoms with Gasteiger partial charge in [-0.1, -0.05) is 25.7 Å². The Kier molecular flexibility index (Phi) is 5.22. The summed E-state index contributed by atoms with van der Waals surface area (Å²) in [6.07, 6.45) is 8.97. The van der Waals surface area contributed by atoms with Crippen LogP contribution in [0.2, 0.25) is 0 Å². The average Bonchev–Trinajstić information content (AvgIpc) is 2.73. The molecule has 0 heterocycles. The van der Waals surface area contributed by atoms with Crippen molar-refractivity contribution < 1.29 is 14.3 Å². The first kappa shape index (κ1) is 14.8. The first-order chi connectivity index (χ1) is 9.16. The second-order valence-corrected chi connectivity index (χ2v) is 6.11. The number of hydrogen-bond donors (Lipinski definition) is 1. The lowest BCUT2D eigenvalue weighted by molar-refractivity contribution is -0.148. The number of carbonyl (C=O) groups excluding carboxylic acids is 1. The standard InChI is InChI=1S/C15H27NO3/c1-18-14(17)15(16)9-3-6-13(15)8-11-19-10-7-12-4-2-5-12/h12-13H,2-11,16H2,1H3. The van der Waals surface area contributed by atoms with Gasteiger partial charge in [0.15, 0.2) is 0 Å². The number of nitrogens with two attached hydrogens (primary N) is 1. The molecule has 0 aromatic heterocycles. The van der Waals surface area contributed by atoms with Crippen LogP contribution in [0.25, 0.3) is 0 Å². The molecular formula is C15H27NO3. The number of methoxy groups -OCH3 is 1. The fourth-order valence-corrected chi connectivity index (χ4v) is 3.32. The smallest absolute Gasteiger partial charge is 0.326 e. The summed E-state index contributed by atoms with van der Waals surface area (Å²) in [6, 6.07) is 0. The molecule has 110 valence electrons. The summed E-state index contributed by atoms with van der Waals surface area (Å²) in [5.41, 5.74) is 5.45. The van der Waals surface area contributed by atoms with Crippen LogP contribution in [0.3, 0.4) is 0 Å². The van der Waals surface area contributed by atoms with Gasteiger partial charge in [0, 0.05) is 13.2 Å². The number of hydrogen-bond acceptors (Lipinski definition) is 4. The lowest BCUT2D eigenvalue weighted by Gasteiger charge is -2.28. The highest BCUT2D eigenvalue weighted by atomic mass is 16.5. The minimum absolute atomic E-state index is 0.212. The molecule has 2 unspecified atom stereocenters. The van der Waals surface area contributed by atoms with E-state index >= 15 is 0 Å². The van der Waals surface area contributed by atoms with Gasteiger partial charge in [0.1, 0.15) is 5.54 Å². The summed E-state index contributed by atoms with van der Waals surface area (Å²) in [4.78, 5) is 11.8. The maximum Gasteiger partial charge on any atom is 0.326 e. The van der Waals surface area contributed by atoms with E-state index in [0.29, 0.717) is 6.61 Å². The predicted molar refractivity (Wildman–Crippen MR) is 73.7 cm³/mol. The maximum absolute atomic E-state index is 11.8. The van der Waals surface area contributed by atoms with Gasteiger partial charge < -0.3 is 15.2 Å². The van der Waals surface area contributed by atoms with Crippen molar-refractivity contribution in [3.8, 4) is 0 Å². The van der Waals surface area contributed by atoms with Crippen LogP contribution in [0.15, 0.2) is 0 Å². The molecule has 2 fully saturated rings. The van der Waals surface area contributed by atoms with E-state index in [4.69, 9.17) is 15.2 Å². The van der Waals surface area contributed by atoms with E-state index in [9.17, 15) is 4.79 Å². The van der Waals surface area contributed by atoms with Gasteiger partial charge in [0.25, 0.3) is 0 Å². The molecule has 0 aliphatic heterocycles. The minimum atomic E-state index is -0.772.